The third kappa shape index (κ3) is 4.93. The molecule has 0 saturated carbocycles. The molecular weight excluding hydrogens is 500 g/mol. The Morgan fingerprint density at radius 3 is 2.66 bits per heavy atom. The topological polar surface area (TPSA) is 85.7 Å². The number of nitriles is 1. The van der Waals surface area contributed by atoms with E-state index in [1.54, 1.807) is 0 Å². The summed E-state index contributed by atoms with van der Waals surface area (Å²) >= 11 is 6.75. The van der Waals surface area contributed by atoms with Crippen LogP contribution in [0.4, 0.5) is 5.82 Å². The van der Waals surface area contributed by atoms with Gasteiger partial charge < -0.3 is 25.0 Å². The highest BCUT2D eigenvalue weighted by Crippen LogP contribution is 2.42. The minimum Gasteiger partial charge on any atom is -0.475 e. The first kappa shape index (κ1) is 25.4. The third-order valence-electron chi connectivity index (χ3n) is 7.77. The van der Waals surface area contributed by atoms with E-state index in [4.69, 9.17) is 26.1 Å². The molecule has 1 atom stereocenters. The van der Waals surface area contributed by atoms with E-state index in [9.17, 15) is 5.26 Å². The number of aromatic nitrogens is 1. The molecule has 1 unspecified atom stereocenters. The van der Waals surface area contributed by atoms with Crippen molar-refractivity contribution in [2.45, 2.75) is 12.5 Å². The van der Waals surface area contributed by atoms with Gasteiger partial charge in [0.25, 0.3) is 0 Å². The molecule has 3 aromatic rings. The molecule has 38 heavy (non-hydrogen) atoms. The Kier molecular flexibility index (Phi) is 7.63. The number of nitrogens with one attached hydrogen (secondary N) is 2. The number of hydrogen-bond donors (Lipinski definition) is 2. The number of nitrogens with zero attached hydrogens (tertiary/aromatic N) is 4. The van der Waals surface area contributed by atoms with E-state index < -0.39 is 0 Å². The van der Waals surface area contributed by atoms with Gasteiger partial charge in [-0.2, -0.15) is 10.2 Å². The van der Waals surface area contributed by atoms with E-state index >= 15 is 0 Å². The molecule has 2 saturated heterocycles. The van der Waals surface area contributed by atoms with Crippen molar-refractivity contribution >= 4 is 28.2 Å². The predicted molar refractivity (Wildman–Crippen MR) is 149 cm³/mol. The van der Waals surface area contributed by atoms with Crippen molar-refractivity contribution < 1.29 is 9.47 Å². The zero-order valence-electron chi connectivity index (χ0n) is 21.5. The summed E-state index contributed by atoms with van der Waals surface area (Å²) in [4.78, 5) is 9.69. The van der Waals surface area contributed by atoms with Crippen LogP contribution in [0.2, 0.25) is 5.02 Å². The molecule has 198 valence electrons. The first-order valence-electron chi connectivity index (χ1n) is 13.5. The number of morpholine rings is 1. The van der Waals surface area contributed by atoms with Crippen LogP contribution < -0.4 is 20.3 Å². The van der Waals surface area contributed by atoms with Crippen LogP contribution in [-0.2, 0) is 11.2 Å². The maximum Gasteiger partial charge on any atom is 0.234 e. The highest BCUT2D eigenvalue weighted by molar-refractivity contribution is 6.35. The molecule has 0 radical (unpaired) electrons. The maximum absolute atomic E-state index is 10.5. The lowest BCUT2D eigenvalue weighted by Crippen LogP contribution is -2.45. The number of fused-ring (bicyclic) bond motifs is 2. The van der Waals surface area contributed by atoms with Crippen molar-refractivity contribution in [3.8, 4) is 11.9 Å². The minimum atomic E-state index is -0.191. The molecule has 1 aromatic heterocycles. The van der Waals surface area contributed by atoms with Crippen molar-refractivity contribution in [3.05, 3.63) is 63.7 Å². The summed E-state index contributed by atoms with van der Waals surface area (Å²) in [5, 5.41) is 20.4. The fraction of sp³-hybridized carbons (Fsp3) is 0.448. The van der Waals surface area contributed by atoms with Gasteiger partial charge in [0, 0.05) is 73.9 Å². The van der Waals surface area contributed by atoms with Crippen molar-refractivity contribution in [3.63, 3.8) is 0 Å². The van der Waals surface area contributed by atoms with Gasteiger partial charge >= 0.3 is 0 Å². The number of rotatable bonds is 6. The molecule has 0 amide bonds. The Morgan fingerprint density at radius 1 is 1.08 bits per heavy atom. The average molecular weight is 533 g/mol. The summed E-state index contributed by atoms with van der Waals surface area (Å²) in [6, 6.07) is 14.5. The third-order valence-corrected chi connectivity index (χ3v) is 8.09. The van der Waals surface area contributed by atoms with Crippen LogP contribution in [0, 0.1) is 11.3 Å². The van der Waals surface area contributed by atoms with Gasteiger partial charge in [-0.1, -0.05) is 41.9 Å². The summed E-state index contributed by atoms with van der Waals surface area (Å²) in [5.74, 6) is 1.37. The zero-order chi connectivity index (χ0) is 25.9. The molecule has 2 fully saturated rings. The number of hydrogen-bond acceptors (Lipinski definition) is 8. The van der Waals surface area contributed by atoms with Crippen LogP contribution in [0.15, 0.2) is 36.4 Å². The molecule has 3 aliphatic rings. The van der Waals surface area contributed by atoms with Gasteiger partial charge in [-0.25, -0.2) is 0 Å². The number of halogens is 1. The molecule has 6 rings (SSSR count). The Balaban J connectivity index is 1.45. The van der Waals surface area contributed by atoms with Crippen LogP contribution >= 0.6 is 11.6 Å². The fourth-order valence-electron chi connectivity index (χ4n) is 5.89. The Morgan fingerprint density at radius 2 is 1.87 bits per heavy atom. The molecule has 9 heteroatoms. The number of pyridine rings is 1. The van der Waals surface area contributed by atoms with Gasteiger partial charge in [-0.3, -0.25) is 4.90 Å². The molecule has 0 spiro atoms. The van der Waals surface area contributed by atoms with Crippen LogP contribution in [0.3, 0.4) is 0 Å². The summed E-state index contributed by atoms with van der Waals surface area (Å²) in [5.41, 5.74) is 3.69. The van der Waals surface area contributed by atoms with Gasteiger partial charge in [0.05, 0.1) is 19.3 Å². The van der Waals surface area contributed by atoms with E-state index in [0.717, 1.165) is 105 Å². The molecule has 0 aliphatic carbocycles. The van der Waals surface area contributed by atoms with E-state index in [2.05, 4.69) is 50.8 Å². The number of anilines is 1. The fourth-order valence-corrected chi connectivity index (χ4v) is 6.18. The second-order valence-corrected chi connectivity index (χ2v) is 10.4. The number of piperazine rings is 1. The minimum absolute atomic E-state index is 0.191. The van der Waals surface area contributed by atoms with Crippen LogP contribution in [0.5, 0.6) is 5.88 Å². The van der Waals surface area contributed by atoms with Gasteiger partial charge in [0.15, 0.2) is 0 Å². The van der Waals surface area contributed by atoms with Crippen LogP contribution in [-0.4, -0.2) is 82.1 Å². The lowest BCUT2D eigenvalue weighted by molar-refractivity contribution is 0.0320. The lowest BCUT2D eigenvalue weighted by Gasteiger charge is -2.36. The van der Waals surface area contributed by atoms with E-state index in [1.807, 2.05) is 12.1 Å². The SMILES string of the molecule is N#Cc1c(OCCN2CCOCC2)nc(N2CCNCC2)c2c1C(c1cccc3cccc(Cl)c13)NCC2. The zero-order valence-corrected chi connectivity index (χ0v) is 22.3. The van der Waals surface area contributed by atoms with Crippen molar-refractivity contribution in [1.82, 2.24) is 20.5 Å². The second kappa shape index (κ2) is 11.4. The van der Waals surface area contributed by atoms with Gasteiger partial charge in [-0.15, -0.1) is 0 Å². The molecule has 2 N–H and O–H groups in total. The Labute approximate surface area is 228 Å². The largest absolute Gasteiger partial charge is 0.475 e. The molecule has 8 nitrogen and oxygen atoms in total. The van der Waals surface area contributed by atoms with E-state index in [-0.39, 0.29) is 6.04 Å². The summed E-state index contributed by atoms with van der Waals surface area (Å²) in [7, 11) is 0. The highest BCUT2D eigenvalue weighted by Gasteiger charge is 2.33. The first-order valence-corrected chi connectivity index (χ1v) is 13.9. The van der Waals surface area contributed by atoms with E-state index in [0.29, 0.717) is 23.1 Å². The molecule has 3 aliphatic heterocycles. The molecule has 0 bridgehead atoms. The smallest absolute Gasteiger partial charge is 0.234 e. The van der Waals surface area contributed by atoms with Crippen LogP contribution in [0.1, 0.15) is 28.3 Å². The quantitative estimate of drug-likeness (QED) is 0.501. The van der Waals surface area contributed by atoms with Crippen molar-refractivity contribution in [2.24, 2.45) is 0 Å². The van der Waals surface area contributed by atoms with Gasteiger partial charge in [0.2, 0.25) is 5.88 Å². The van der Waals surface area contributed by atoms with E-state index in [1.165, 1.54) is 0 Å². The summed E-state index contributed by atoms with van der Waals surface area (Å²) < 4.78 is 11.8. The van der Waals surface area contributed by atoms with Crippen LogP contribution in [0.25, 0.3) is 10.8 Å². The average Bonchev–Trinajstić information content (AvgIpc) is 2.97. The maximum atomic E-state index is 10.5. The Hall–Kier alpha value is -2.93. The number of ether oxygens (including phenoxy) is 2. The standard InChI is InChI=1S/C29H33ClN6O2/c30-24-6-2-4-20-3-1-5-21(25(20)24)27-26-22(7-8-33-27)28(36-11-9-32-10-12-36)34-29(23(26)19-31)38-18-15-35-13-16-37-17-14-35/h1-6,27,32-33H,7-18H2. The lowest BCUT2D eigenvalue weighted by atomic mass is 9.85. The first-order chi connectivity index (χ1) is 18.7. The normalized spacial score (nSPS) is 20.2. The summed E-state index contributed by atoms with van der Waals surface area (Å²) in [6.45, 7) is 8.88. The summed E-state index contributed by atoms with van der Waals surface area (Å²) in [6.07, 6.45) is 0.805. The molecule has 4 heterocycles. The van der Waals surface area contributed by atoms with Crippen molar-refractivity contribution in [2.75, 3.05) is 77.1 Å². The van der Waals surface area contributed by atoms with Gasteiger partial charge in [0.1, 0.15) is 24.1 Å². The Bertz CT molecular complexity index is 1340. The highest BCUT2D eigenvalue weighted by atomic mass is 35.5. The van der Waals surface area contributed by atoms with Gasteiger partial charge in [-0.05, 0) is 23.4 Å². The monoisotopic (exact) mass is 532 g/mol. The second-order valence-electron chi connectivity index (χ2n) is 9.98. The molecular formula is C29H33ClN6O2. The predicted octanol–water partition coefficient (Wildman–Crippen LogP) is 3.12. The molecule has 2 aromatic carbocycles. The number of benzene rings is 2. The van der Waals surface area contributed by atoms with Crippen molar-refractivity contribution in [1.29, 1.82) is 5.26 Å².